The van der Waals surface area contributed by atoms with Gasteiger partial charge in [0.25, 0.3) is 5.69 Å². The fraction of sp³-hybridized carbons (Fsp3) is 0. The number of halogens is 1. The summed E-state index contributed by atoms with van der Waals surface area (Å²) in [5, 5.41) is 20.8. The number of hydrogen-bond donors (Lipinski definition) is 1. The van der Waals surface area contributed by atoms with Crippen LogP contribution in [0.1, 0.15) is 5.56 Å². The van der Waals surface area contributed by atoms with Gasteiger partial charge < -0.3 is 5.11 Å². The lowest BCUT2D eigenvalue weighted by Crippen LogP contribution is -1.87. The van der Waals surface area contributed by atoms with Crippen molar-refractivity contribution in [3.05, 3.63) is 63.2 Å². The van der Waals surface area contributed by atoms with Gasteiger partial charge in [-0.2, -0.15) is 0 Å². The molecule has 2 aromatic rings. The maximum Gasteiger partial charge on any atom is 0.271 e. The van der Waals surface area contributed by atoms with E-state index in [1.54, 1.807) is 24.3 Å². The summed E-state index contributed by atoms with van der Waals surface area (Å²) in [5.74, 6) is -0.115. The Bertz CT molecular complexity index is 639. The van der Waals surface area contributed by atoms with E-state index in [9.17, 15) is 15.2 Å². The molecule has 0 bridgehead atoms. The van der Waals surface area contributed by atoms with E-state index >= 15 is 0 Å². The number of nitro benzene ring substituents is 1. The van der Waals surface area contributed by atoms with Crippen LogP contribution < -0.4 is 0 Å². The Morgan fingerprint density at radius 3 is 2.53 bits per heavy atom. The maximum atomic E-state index is 10.6. The molecule has 0 radical (unpaired) electrons. The number of hydrogen-bond acceptors (Lipinski definition) is 4. The van der Waals surface area contributed by atoms with Gasteiger partial charge in [0.15, 0.2) is 0 Å². The zero-order valence-electron chi connectivity index (χ0n) is 9.65. The number of aliphatic imine (C=N–C) groups is 1. The van der Waals surface area contributed by atoms with Crippen LogP contribution >= 0.6 is 11.6 Å². The van der Waals surface area contributed by atoms with Crippen molar-refractivity contribution in [3.8, 4) is 5.75 Å². The van der Waals surface area contributed by atoms with E-state index in [4.69, 9.17) is 11.6 Å². The van der Waals surface area contributed by atoms with Crippen LogP contribution in [0.3, 0.4) is 0 Å². The number of nitrogens with zero attached hydrogens (tertiary/aromatic N) is 2. The summed E-state index contributed by atoms with van der Waals surface area (Å²) in [4.78, 5) is 14.1. The highest BCUT2D eigenvalue weighted by Gasteiger charge is 2.08. The minimum absolute atomic E-state index is 0.115. The van der Waals surface area contributed by atoms with Crippen molar-refractivity contribution in [2.45, 2.75) is 0 Å². The van der Waals surface area contributed by atoms with Gasteiger partial charge in [0, 0.05) is 23.4 Å². The average molecular weight is 277 g/mol. The second-order valence-corrected chi connectivity index (χ2v) is 4.18. The van der Waals surface area contributed by atoms with Gasteiger partial charge in [-0.1, -0.05) is 23.7 Å². The molecule has 0 aliphatic carbocycles. The Hall–Kier alpha value is -2.40. The number of aromatic hydroxyl groups is 1. The van der Waals surface area contributed by atoms with Gasteiger partial charge in [0.2, 0.25) is 0 Å². The van der Waals surface area contributed by atoms with E-state index in [0.717, 1.165) is 5.56 Å². The van der Waals surface area contributed by atoms with Gasteiger partial charge in [-0.15, -0.1) is 0 Å². The van der Waals surface area contributed by atoms with E-state index in [0.29, 0.717) is 5.02 Å². The highest BCUT2D eigenvalue weighted by atomic mass is 35.5. The molecule has 2 rings (SSSR count). The third kappa shape index (κ3) is 3.29. The van der Waals surface area contributed by atoms with Crippen LogP contribution in [0, 0.1) is 10.1 Å². The lowest BCUT2D eigenvalue weighted by atomic mass is 10.2. The van der Waals surface area contributed by atoms with Gasteiger partial charge >= 0.3 is 0 Å². The largest absolute Gasteiger partial charge is 0.506 e. The summed E-state index contributed by atoms with van der Waals surface area (Å²) in [5.41, 5.74) is 0.792. The summed E-state index contributed by atoms with van der Waals surface area (Å²) in [6.45, 7) is 0. The molecule has 19 heavy (non-hydrogen) atoms. The first-order chi connectivity index (χ1) is 9.06. The molecule has 96 valence electrons. The molecule has 0 fully saturated rings. The molecule has 0 saturated heterocycles. The molecule has 0 unspecified atom stereocenters. The minimum atomic E-state index is -0.541. The number of phenols is 1. The minimum Gasteiger partial charge on any atom is -0.506 e. The highest BCUT2D eigenvalue weighted by molar-refractivity contribution is 6.30. The molecule has 0 aliphatic heterocycles. The summed E-state index contributed by atoms with van der Waals surface area (Å²) in [6.07, 6.45) is 1.50. The van der Waals surface area contributed by atoms with Crippen LogP contribution in [0.2, 0.25) is 5.02 Å². The predicted octanol–water partition coefficient (Wildman–Crippen LogP) is 3.70. The smallest absolute Gasteiger partial charge is 0.271 e. The van der Waals surface area contributed by atoms with Crippen LogP contribution in [0.4, 0.5) is 11.4 Å². The lowest BCUT2D eigenvalue weighted by molar-refractivity contribution is -0.384. The SMILES string of the molecule is O=[N+]([O-])c1ccc(O)c(N=Cc2ccc(Cl)cc2)c1. The highest BCUT2D eigenvalue weighted by Crippen LogP contribution is 2.30. The predicted molar refractivity (Wildman–Crippen MR) is 73.5 cm³/mol. The van der Waals surface area contributed by atoms with E-state index in [-0.39, 0.29) is 17.1 Å². The maximum absolute atomic E-state index is 10.6. The van der Waals surface area contributed by atoms with Crippen LogP contribution in [0.15, 0.2) is 47.5 Å². The lowest BCUT2D eigenvalue weighted by Gasteiger charge is -1.99. The standard InChI is InChI=1S/C13H9ClN2O3/c14-10-3-1-9(2-4-10)8-15-12-7-11(16(18)19)5-6-13(12)17/h1-8,17H. The number of benzene rings is 2. The van der Waals surface area contributed by atoms with Crippen LogP contribution in [-0.4, -0.2) is 16.2 Å². The monoisotopic (exact) mass is 276 g/mol. The van der Waals surface area contributed by atoms with Gasteiger partial charge in [0.05, 0.1) is 4.92 Å². The molecule has 0 saturated carbocycles. The Morgan fingerprint density at radius 1 is 1.21 bits per heavy atom. The van der Waals surface area contributed by atoms with Crippen molar-refractivity contribution in [3.63, 3.8) is 0 Å². The molecule has 0 atom stereocenters. The van der Waals surface area contributed by atoms with Crippen LogP contribution in [0.25, 0.3) is 0 Å². The molecule has 5 nitrogen and oxygen atoms in total. The van der Waals surface area contributed by atoms with Crippen LogP contribution in [0.5, 0.6) is 5.75 Å². The number of phenolic OH excluding ortho intramolecular Hbond substituents is 1. The summed E-state index contributed by atoms with van der Waals surface area (Å²) in [7, 11) is 0. The molecular formula is C13H9ClN2O3. The molecule has 0 spiro atoms. The molecule has 6 heteroatoms. The van der Waals surface area contributed by atoms with Crippen LogP contribution in [-0.2, 0) is 0 Å². The van der Waals surface area contributed by atoms with Crippen molar-refractivity contribution < 1.29 is 10.0 Å². The second-order valence-electron chi connectivity index (χ2n) is 3.74. The molecule has 0 amide bonds. The van der Waals surface area contributed by atoms with Crippen molar-refractivity contribution >= 4 is 29.2 Å². The zero-order valence-corrected chi connectivity index (χ0v) is 10.4. The number of nitro groups is 1. The second kappa shape index (κ2) is 5.49. The van der Waals surface area contributed by atoms with Crippen molar-refractivity contribution in [1.29, 1.82) is 0 Å². The number of rotatable bonds is 3. The third-order valence-electron chi connectivity index (χ3n) is 2.39. The Labute approximate surface area is 113 Å². The summed E-state index contributed by atoms with van der Waals surface area (Å²) >= 11 is 5.75. The Morgan fingerprint density at radius 2 is 1.89 bits per heavy atom. The Kier molecular flexibility index (Phi) is 3.77. The molecular weight excluding hydrogens is 268 g/mol. The molecule has 1 N–H and O–H groups in total. The third-order valence-corrected chi connectivity index (χ3v) is 2.64. The fourth-order valence-electron chi connectivity index (χ4n) is 1.42. The van der Waals surface area contributed by atoms with E-state index in [1.807, 2.05) is 0 Å². The normalized spacial score (nSPS) is 10.8. The van der Waals surface area contributed by atoms with Gasteiger partial charge in [0.1, 0.15) is 11.4 Å². The van der Waals surface area contributed by atoms with Gasteiger partial charge in [-0.3, -0.25) is 15.1 Å². The molecule has 0 aliphatic rings. The molecule has 0 aromatic heterocycles. The van der Waals surface area contributed by atoms with Crippen molar-refractivity contribution in [2.24, 2.45) is 4.99 Å². The van der Waals surface area contributed by atoms with E-state index in [2.05, 4.69) is 4.99 Å². The zero-order chi connectivity index (χ0) is 13.8. The summed E-state index contributed by atoms with van der Waals surface area (Å²) < 4.78 is 0. The molecule has 2 aromatic carbocycles. The Balaban J connectivity index is 2.29. The fourth-order valence-corrected chi connectivity index (χ4v) is 1.55. The quantitative estimate of drug-likeness (QED) is 0.527. The van der Waals surface area contributed by atoms with Crippen molar-refractivity contribution in [1.82, 2.24) is 0 Å². The van der Waals surface area contributed by atoms with Gasteiger partial charge in [-0.05, 0) is 23.8 Å². The topological polar surface area (TPSA) is 75.7 Å². The van der Waals surface area contributed by atoms with E-state index in [1.165, 1.54) is 24.4 Å². The first-order valence-electron chi connectivity index (χ1n) is 5.33. The average Bonchev–Trinajstić information content (AvgIpc) is 2.39. The van der Waals surface area contributed by atoms with Gasteiger partial charge in [-0.25, -0.2) is 0 Å². The van der Waals surface area contributed by atoms with Crippen molar-refractivity contribution in [2.75, 3.05) is 0 Å². The molecule has 0 heterocycles. The first-order valence-corrected chi connectivity index (χ1v) is 5.71. The van der Waals surface area contributed by atoms with E-state index < -0.39 is 4.92 Å². The number of non-ortho nitro benzene ring substituents is 1. The first kappa shape index (κ1) is 13.0. The summed E-state index contributed by atoms with van der Waals surface area (Å²) in [6, 6.07) is 10.6.